The topological polar surface area (TPSA) is 24.9 Å². The minimum atomic E-state index is 0.130. The maximum Gasteiger partial charge on any atom is 0.113 e. The number of aromatic nitrogens is 1. The Bertz CT molecular complexity index is 374. The van der Waals surface area contributed by atoms with Crippen LogP contribution >= 0.6 is 11.3 Å². The molecule has 1 aliphatic rings. The molecule has 2 rings (SSSR count). The Labute approximate surface area is 109 Å². The SMILES string of the molecule is CCNC1(c2nc(C)cs2)CC(C)CCC1C. The van der Waals surface area contributed by atoms with Gasteiger partial charge in [0.15, 0.2) is 0 Å². The molecule has 1 fully saturated rings. The van der Waals surface area contributed by atoms with Gasteiger partial charge >= 0.3 is 0 Å². The van der Waals surface area contributed by atoms with Gasteiger partial charge in [0.1, 0.15) is 5.01 Å². The lowest BCUT2D eigenvalue weighted by Gasteiger charge is -2.44. The highest BCUT2D eigenvalue weighted by Crippen LogP contribution is 2.44. The van der Waals surface area contributed by atoms with Crippen molar-refractivity contribution in [3.8, 4) is 0 Å². The zero-order valence-corrected chi connectivity index (χ0v) is 12.2. The lowest BCUT2D eigenvalue weighted by atomic mass is 9.70. The molecule has 2 nitrogen and oxygen atoms in total. The molecule has 1 aliphatic carbocycles. The summed E-state index contributed by atoms with van der Waals surface area (Å²) in [5.41, 5.74) is 1.29. The van der Waals surface area contributed by atoms with Gasteiger partial charge < -0.3 is 5.32 Å². The van der Waals surface area contributed by atoms with Crippen molar-refractivity contribution in [2.24, 2.45) is 11.8 Å². The van der Waals surface area contributed by atoms with E-state index in [4.69, 9.17) is 4.98 Å². The number of nitrogens with zero attached hydrogens (tertiary/aromatic N) is 1. The lowest BCUT2D eigenvalue weighted by Crippen LogP contribution is -2.50. The summed E-state index contributed by atoms with van der Waals surface area (Å²) in [5.74, 6) is 1.48. The summed E-state index contributed by atoms with van der Waals surface area (Å²) < 4.78 is 0. The third-order valence-corrected chi connectivity index (χ3v) is 5.23. The Morgan fingerprint density at radius 2 is 2.24 bits per heavy atom. The van der Waals surface area contributed by atoms with E-state index in [1.807, 2.05) is 11.3 Å². The van der Waals surface area contributed by atoms with Crippen molar-refractivity contribution >= 4 is 11.3 Å². The maximum absolute atomic E-state index is 4.77. The predicted molar refractivity (Wildman–Crippen MR) is 74.4 cm³/mol. The van der Waals surface area contributed by atoms with E-state index in [0.717, 1.165) is 18.2 Å². The van der Waals surface area contributed by atoms with Crippen molar-refractivity contribution in [2.75, 3.05) is 6.54 Å². The van der Waals surface area contributed by atoms with E-state index in [2.05, 4.69) is 38.4 Å². The van der Waals surface area contributed by atoms with Crippen molar-refractivity contribution in [3.05, 3.63) is 16.1 Å². The van der Waals surface area contributed by atoms with E-state index >= 15 is 0 Å². The van der Waals surface area contributed by atoms with E-state index in [1.165, 1.54) is 24.3 Å². The molecule has 0 bridgehead atoms. The standard InChI is InChI=1S/C14H24N2S/c1-5-15-14(13-16-12(4)9-17-13)8-10(2)6-7-11(14)3/h9-11,15H,5-8H2,1-4H3. The molecule has 3 heteroatoms. The first-order valence-corrected chi connectivity index (χ1v) is 7.64. The Morgan fingerprint density at radius 1 is 1.47 bits per heavy atom. The number of thiazole rings is 1. The molecule has 1 aromatic heterocycles. The highest BCUT2D eigenvalue weighted by Gasteiger charge is 2.43. The lowest BCUT2D eigenvalue weighted by molar-refractivity contribution is 0.120. The van der Waals surface area contributed by atoms with Gasteiger partial charge in [-0.15, -0.1) is 11.3 Å². The Hall–Kier alpha value is -0.410. The van der Waals surface area contributed by atoms with Crippen LogP contribution in [-0.2, 0) is 5.54 Å². The first kappa shape index (κ1) is 13.0. The molecule has 3 unspecified atom stereocenters. The van der Waals surface area contributed by atoms with Gasteiger partial charge in [0, 0.05) is 11.1 Å². The Morgan fingerprint density at radius 3 is 2.82 bits per heavy atom. The Balaban J connectivity index is 2.36. The fraction of sp³-hybridized carbons (Fsp3) is 0.786. The molecule has 17 heavy (non-hydrogen) atoms. The fourth-order valence-electron chi connectivity index (χ4n) is 3.13. The minimum absolute atomic E-state index is 0.130. The first-order chi connectivity index (χ1) is 8.08. The largest absolute Gasteiger partial charge is 0.305 e. The summed E-state index contributed by atoms with van der Waals surface area (Å²) in [7, 11) is 0. The van der Waals surface area contributed by atoms with Gasteiger partial charge in [0.05, 0.1) is 5.54 Å². The quantitative estimate of drug-likeness (QED) is 0.887. The van der Waals surface area contributed by atoms with Crippen LogP contribution in [-0.4, -0.2) is 11.5 Å². The second-order valence-corrected chi connectivity index (χ2v) is 6.44. The molecule has 1 aromatic rings. The molecule has 0 spiro atoms. The van der Waals surface area contributed by atoms with Gasteiger partial charge in [-0.25, -0.2) is 4.98 Å². The highest BCUT2D eigenvalue weighted by molar-refractivity contribution is 7.09. The molecule has 3 atom stereocenters. The normalized spacial score (nSPS) is 33.9. The van der Waals surface area contributed by atoms with E-state index < -0.39 is 0 Å². The van der Waals surface area contributed by atoms with E-state index in [9.17, 15) is 0 Å². The summed E-state index contributed by atoms with van der Waals surface area (Å²) in [6.45, 7) is 10.1. The summed E-state index contributed by atoms with van der Waals surface area (Å²) in [5, 5.41) is 7.24. The first-order valence-electron chi connectivity index (χ1n) is 6.76. The number of hydrogen-bond acceptors (Lipinski definition) is 3. The monoisotopic (exact) mass is 252 g/mol. The van der Waals surface area contributed by atoms with Gasteiger partial charge in [0.2, 0.25) is 0 Å². The summed E-state index contributed by atoms with van der Waals surface area (Å²) in [4.78, 5) is 4.77. The van der Waals surface area contributed by atoms with Crippen molar-refractivity contribution in [1.82, 2.24) is 10.3 Å². The van der Waals surface area contributed by atoms with E-state index in [-0.39, 0.29) is 5.54 Å². The molecule has 0 aliphatic heterocycles. The van der Waals surface area contributed by atoms with Crippen molar-refractivity contribution in [1.29, 1.82) is 0 Å². The van der Waals surface area contributed by atoms with Gasteiger partial charge in [-0.2, -0.15) is 0 Å². The van der Waals surface area contributed by atoms with Crippen LogP contribution in [0.15, 0.2) is 5.38 Å². The van der Waals surface area contributed by atoms with Crippen molar-refractivity contribution < 1.29 is 0 Å². The highest BCUT2D eigenvalue weighted by atomic mass is 32.1. The molecule has 1 saturated carbocycles. The van der Waals surface area contributed by atoms with Crippen LogP contribution in [0.25, 0.3) is 0 Å². The summed E-state index contributed by atoms with van der Waals surface area (Å²) >= 11 is 1.83. The van der Waals surface area contributed by atoms with Gasteiger partial charge in [-0.1, -0.05) is 27.2 Å². The smallest absolute Gasteiger partial charge is 0.113 e. The predicted octanol–water partition coefficient (Wildman–Crippen LogP) is 3.71. The number of nitrogens with one attached hydrogen (secondary N) is 1. The molecule has 0 amide bonds. The second kappa shape index (κ2) is 5.07. The van der Waals surface area contributed by atoms with Gasteiger partial charge in [0.25, 0.3) is 0 Å². The minimum Gasteiger partial charge on any atom is -0.305 e. The third kappa shape index (κ3) is 2.41. The average molecular weight is 252 g/mol. The van der Waals surface area contributed by atoms with Crippen LogP contribution in [0.2, 0.25) is 0 Å². The molecule has 1 N–H and O–H groups in total. The van der Waals surface area contributed by atoms with Crippen LogP contribution in [0, 0.1) is 18.8 Å². The molecule has 0 aromatic carbocycles. The van der Waals surface area contributed by atoms with Crippen molar-refractivity contribution in [2.45, 2.75) is 52.5 Å². The van der Waals surface area contributed by atoms with Gasteiger partial charge in [-0.05, 0) is 38.1 Å². The van der Waals surface area contributed by atoms with Crippen molar-refractivity contribution in [3.63, 3.8) is 0 Å². The van der Waals surface area contributed by atoms with Crippen LogP contribution in [0.3, 0.4) is 0 Å². The van der Waals surface area contributed by atoms with Crippen LogP contribution in [0.1, 0.15) is 50.7 Å². The third-order valence-electron chi connectivity index (χ3n) is 4.10. The molecule has 0 radical (unpaired) electrons. The summed E-state index contributed by atoms with van der Waals surface area (Å²) in [6.07, 6.45) is 3.90. The van der Waals surface area contributed by atoms with Crippen LogP contribution in [0.5, 0.6) is 0 Å². The van der Waals surface area contributed by atoms with E-state index in [0.29, 0.717) is 5.92 Å². The van der Waals surface area contributed by atoms with Crippen LogP contribution in [0.4, 0.5) is 0 Å². The maximum atomic E-state index is 4.77. The average Bonchev–Trinajstić information content (AvgIpc) is 2.71. The van der Waals surface area contributed by atoms with Crippen LogP contribution < -0.4 is 5.32 Å². The van der Waals surface area contributed by atoms with Gasteiger partial charge in [-0.3, -0.25) is 0 Å². The second-order valence-electron chi connectivity index (χ2n) is 5.58. The molecular weight excluding hydrogens is 228 g/mol. The Kier molecular flexibility index (Phi) is 3.88. The fourth-order valence-corrected chi connectivity index (χ4v) is 4.23. The molecule has 96 valence electrons. The number of hydrogen-bond donors (Lipinski definition) is 1. The zero-order chi connectivity index (χ0) is 12.5. The number of aryl methyl sites for hydroxylation is 1. The zero-order valence-electron chi connectivity index (χ0n) is 11.4. The number of rotatable bonds is 3. The molecule has 0 saturated heterocycles. The molecular formula is C14H24N2S. The summed E-state index contributed by atoms with van der Waals surface area (Å²) in [6, 6.07) is 0. The molecule has 1 heterocycles. The van der Waals surface area contributed by atoms with E-state index in [1.54, 1.807) is 0 Å².